The monoisotopic (exact) mass is 466 g/mol. The van der Waals surface area contributed by atoms with E-state index in [-0.39, 0.29) is 11.3 Å². The zero-order valence-electron chi connectivity index (χ0n) is 20.0. The van der Waals surface area contributed by atoms with Crippen molar-refractivity contribution in [3.05, 3.63) is 59.7 Å². The third-order valence-corrected chi connectivity index (χ3v) is 6.48. The second kappa shape index (κ2) is 11.7. The SMILES string of the molecule is COc1cc(/C=C/C(=O)N(N)c2ccccc2C(=O)O)ccc1OCCCC1(C)CCCCC1. The van der Waals surface area contributed by atoms with Crippen LogP contribution >= 0.6 is 0 Å². The number of hydrogen-bond donors (Lipinski definition) is 2. The Morgan fingerprint density at radius 3 is 2.56 bits per heavy atom. The summed E-state index contributed by atoms with van der Waals surface area (Å²) < 4.78 is 11.5. The molecule has 7 heteroatoms. The minimum Gasteiger partial charge on any atom is -0.493 e. The molecule has 0 spiro atoms. The Morgan fingerprint density at radius 2 is 1.85 bits per heavy atom. The van der Waals surface area contributed by atoms with Gasteiger partial charge in [0.25, 0.3) is 5.91 Å². The molecule has 3 N–H and O–H groups in total. The molecule has 1 aliphatic carbocycles. The lowest BCUT2D eigenvalue weighted by atomic mass is 9.73. The lowest BCUT2D eigenvalue weighted by molar-refractivity contribution is -0.114. The summed E-state index contributed by atoms with van der Waals surface area (Å²) in [5.41, 5.74) is 1.24. The average molecular weight is 467 g/mol. The van der Waals surface area contributed by atoms with Crippen molar-refractivity contribution in [2.45, 2.75) is 51.9 Å². The van der Waals surface area contributed by atoms with Crippen molar-refractivity contribution in [1.29, 1.82) is 0 Å². The van der Waals surface area contributed by atoms with E-state index in [2.05, 4.69) is 6.92 Å². The van der Waals surface area contributed by atoms with Gasteiger partial charge in [-0.15, -0.1) is 0 Å². The minimum atomic E-state index is -1.16. The van der Waals surface area contributed by atoms with E-state index in [4.69, 9.17) is 15.3 Å². The number of carboxylic acids is 1. The normalized spacial score (nSPS) is 15.1. The highest BCUT2D eigenvalue weighted by Crippen LogP contribution is 2.39. The highest BCUT2D eigenvalue weighted by Gasteiger charge is 2.26. The molecular weight excluding hydrogens is 432 g/mol. The topological polar surface area (TPSA) is 102 Å². The fraction of sp³-hybridized carbons (Fsp3) is 0.407. The van der Waals surface area contributed by atoms with Crippen LogP contribution in [0, 0.1) is 5.41 Å². The van der Waals surface area contributed by atoms with E-state index in [1.807, 2.05) is 12.1 Å². The fourth-order valence-corrected chi connectivity index (χ4v) is 4.47. The van der Waals surface area contributed by atoms with Gasteiger partial charge in [-0.3, -0.25) is 4.79 Å². The van der Waals surface area contributed by atoms with Crippen LogP contribution in [-0.4, -0.2) is 30.7 Å². The predicted molar refractivity (Wildman–Crippen MR) is 133 cm³/mol. The van der Waals surface area contributed by atoms with Crippen molar-refractivity contribution in [3.63, 3.8) is 0 Å². The van der Waals surface area contributed by atoms with Gasteiger partial charge in [0.2, 0.25) is 0 Å². The molecule has 0 radical (unpaired) electrons. The summed E-state index contributed by atoms with van der Waals surface area (Å²) in [6.07, 6.45) is 11.7. The molecule has 3 rings (SSSR count). The first kappa shape index (κ1) is 25.3. The Labute approximate surface area is 201 Å². The number of methoxy groups -OCH3 is 1. The number of benzene rings is 2. The van der Waals surface area contributed by atoms with Gasteiger partial charge in [0.15, 0.2) is 11.5 Å². The summed E-state index contributed by atoms with van der Waals surface area (Å²) in [7, 11) is 1.58. The molecule has 0 unspecified atom stereocenters. The van der Waals surface area contributed by atoms with Gasteiger partial charge >= 0.3 is 5.97 Å². The van der Waals surface area contributed by atoms with Crippen molar-refractivity contribution in [2.24, 2.45) is 11.3 Å². The van der Waals surface area contributed by atoms with Crippen LogP contribution in [0.2, 0.25) is 0 Å². The molecule has 1 saturated carbocycles. The number of nitrogens with zero attached hydrogens (tertiary/aromatic N) is 1. The number of carbonyl (C=O) groups is 2. The molecule has 1 fully saturated rings. The van der Waals surface area contributed by atoms with Crippen molar-refractivity contribution in [2.75, 3.05) is 18.7 Å². The highest BCUT2D eigenvalue weighted by atomic mass is 16.5. The molecule has 2 aromatic rings. The number of hydrogen-bond acceptors (Lipinski definition) is 5. The van der Waals surface area contributed by atoms with Crippen LogP contribution in [0.4, 0.5) is 5.69 Å². The number of carboxylic acid groups (broad SMARTS) is 1. The maximum Gasteiger partial charge on any atom is 0.337 e. The van der Waals surface area contributed by atoms with Crippen molar-refractivity contribution in [3.8, 4) is 11.5 Å². The predicted octanol–water partition coefficient (Wildman–Crippen LogP) is 5.44. The quantitative estimate of drug-likeness (QED) is 0.159. The highest BCUT2D eigenvalue weighted by molar-refractivity contribution is 6.06. The molecule has 1 aliphatic rings. The Balaban J connectivity index is 1.59. The third kappa shape index (κ3) is 6.60. The molecule has 1 amide bonds. The van der Waals surface area contributed by atoms with Gasteiger partial charge in [0, 0.05) is 6.08 Å². The summed E-state index contributed by atoms with van der Waals surface area (Å²) in [6.45, 7) is 3.02. The van der Waals surface area contributed by atoms with E-state index >= 15 is 0 Å². The minimum absolute atomic E-state index is 0.0487. The van der Waals surface area contributed by atoms with E-state index in [1.54, 1.807) is 31.4 Å². The van der Waals surface area contributed by atoms with E-state index in [0.29, 0.717) is 23.5 Å². The molecule has 0 atom stereocenters. The number of hydrazine groups is 1. The second-order valence-electron chi connectivity index (χ2n) is 9.10. The Morgan fingerprint density at radius 1 is 1.12 bits per heavy atom. The zero-order chi connectivity index (χ0) is 24.6. The summed E-state index contributed by atoms with van der Waals surface area (Å²) >= 11 is 0. The molecule has 0 aliphatic heterocycles. The average Bonchev–Trinajstić information content (AvgIpc) is 2.85. The van der Waals surface area contributed by atoms with Crippen LogP contribution in [0.1, 0.15) is 67.8 Å². The number of ether oxygens (including phenoxy) is 2. The van der Waals surface area contributed by atoms with Gasteiger partial charge in [-0.05, 0) is 67.0 Å². The number of para-hydroxylation sites is 1. The maximum absolute atomic E-state index is 12.5. The van der Waals surface area contributed by atoms with Gasteiger partial charge in [-0.2, -0.15) is 0 Å². The first-order valence-electron chi connectivity index (χ1n) is 11.7. The van der Waals surface area contributed by atoms with E-state index in [1.165, 1.54) is 56.7 Å². The zero-order valence-corrected chi connectivity index (χ0v) is 20.0. The summed E-state index contributed by atoms with van der Waals surface area (Å²) in [5.74, 6) is 5.41. The van der Waals surface area contributed by atoms with E-state index < -0.39 is 11.9 Å². The third-order valence-electron chi connectivity index (χ3n) is 6.48. The molecule has 0 aromatic heterocycles. The first-order chi connectivity index (χ1) is 16.3. The number of aromatic carboxylic acids is 1. The summed E-state index contributed by atoms with van der Waals surface area (Å²) in [4.78, 5) is 23.9. The lowest BCUT2D eigenvalue weighted by Crippen LogP contribution is -2.37. The molecule has 0 bridgehead atoms. The molecule has 2 aromatic carbocycles. The van der Waals surface area contributed by atoms with Gasteiger partial charge < -0.3 is 14.6 Å². The van der Waals surface area contributed by atoms with Crippen LogP contribution < -0.4 is 20.3 Å². The smallest absolute Gasteiger partial charge is 0.337 e. The lowest BCUT2D eigenvalue weighted by Gasteiger charge is -2.33. The Bertz CT molecular complexity index is 1030. The van der Waals surface area contributed by atoms with Crippen LogP contribution in [0.25, 0.3) is 6.08 Å². The fourth-order valence-electron chi connectivity index (χ4n) is 4.47. The standard InChI is InChI=1S/C27H34N2O5/c1-27(15-6-3-7-16-27)17-8-18-34-23-13-11-20(19-24(23)33-2)12-14-25(30)29(28)22-10-5-4-9-21(22)26(31)32/h4-5,9-14,19H,3,6-8,15-18,28H2,1-2H3,(H,31,32)/b14-12+. The van der Waals surface area contributed by atoms with Gasteiger partial charge in [0.05, 0.1) is 25.0 Å². The largest absolute Gasteiger partial charge is 0.493 e. The number of amides is 1. The van der Waals surface area contributed by atoms with Gasteiger partial charge in [0.1, 0.15) is 0 Å². The number of rotatable bonds is 10. The Kier molecular flexibility index (Phi) is 8.71. The maximum atomic E-state index is 12.5. The van der Waals surface area contributed by atoms with Crippen LogP contribution in [0.15, 0.2) is 48.5 Å². The van der Waals surface area contributed by atoms with Gasteiger partial charge in [-0.1, -0.05) is 44.4 Å². The first-order valence-corrected chi connectivity index (χ1v) is 11.7. The Hall–Kier alpha value is -3.32. The number of nitrogens with two attached hydrogens (primary N) is 1. The summed E-state index contributed by atoms with van der Waals surface area (Å²) in [5, 5.41) is 10.1. The van der Waals surface area contributed by atoms with Crippen LogP contribution in [-0.2, 0) is 4.79 Å². The number of carbonyl (C=O) groups excluding carboxylic acids is 1. The second-order valence-corrected chi connectivity index (χ2v) is 9.10. The van der Waals surface area contributed by atoms with Crippen molar-refractivity contribution < 1.29 is 24.2 Å². The molecule has 7 nitrogen and oxygen atoms in total. The van der Waals surface area contributed by atoms with Crippen LogP contribution in [0.5, 0.6) is 11.5 Å². The van der Waals surface area contributed by atoms with E-state index in [9.17, 15) is 14.7 Å². The van der Waals surface area contributed by atoms with Crippen molar-refractivity contribution >= 4 is 23.6 Å². The molecule has 182 valence electrons. The molecule has 0 heterocycles. The molecular formula is C27H34N2O5. The molecule has 0 saturated heterocycles. The van der Waals surface area contributed by atoms with Crippen LogP contribution in [0.3, 0.4) is 0 Å². The summed E-state index contributed by atoms with van der Waals surface area (Å²) in [6, 6.07) is 11.5. The molecule has 34 heavy (non-hydrogen) atoms. The van der Waals surface area contributed by atoms with E-state index in [0.717, 1.165) is 17.0 Å². The van der Waals surface area contributed by atoms with Crippen molar-refractivity contribution in [1.82, 2.24) is 0 Å². The van der Waals surface area contributed by atoms with Gasteiger partial charge in [-0.25, -0.2) is 15.6 Å². The number of anilines is 1.